The van der Waals surface area contributed by atoms with Gasteiger partial charge in [-0.05, 0) is 23.7 Å². The Morgan fingerprint density at radius 2 is 1.67 bits per heavy atom. The second-order valence-electron chi connectivity index (χ2n) is 7.14. The molecule has 1 fully saturated rings. The van der Waals surface area contributed by atoms with Gasteiger partial charge in [0.1, 0.15) is 0 Å². The Hall–Kier alpha value is -2.21. The zero-order valence-electron chi connectivity index (χ0n) is 16.1. The molecule has 0 aliphatic carbocycles. The van der Waals surface area contributed by atoms with E-state index < -0.39 is 0 Å². The third kappa shape index (κ3) is 6.79. The van der Waals surface area contributed by atoms with Gasteiger partial charge in [-0.25, -0.2) is 0 Å². The fourth-order valence-electron chi connectivity index (χ4n) is 3.23. The van der Waals surface area contributed by atoms with Gasteiger partial charge in [-0.15, -0.1) is 0 Å². The van der Waals surface area contributed by atoms with E-state index in [2.05, 4.69) is 46.6 Å². The van der Waals surface area contributed by atoms with E-state index in [1.807, 2.05) is 30.1 Å². The minimum absolute atomic E-state index is 0.0471. The standard InChI is InChI=1S/C22H29N3O2/c1-24(16-20-5-3-2-4-6-20)18-22(26)23-15-19-7-9-21(10-8-19)17-25-11-13-27-14-12-25/h2-10H,11-18H2,1H3,(H,23,26). The van der Waals surface area contributed by atoms with Crippen LogP contribution in [0, 0.1) is 0 Å². The molecule has 0 atom stereocenters. The van der Waals surface area contributed by atoms with Crippen LogP contribution in [0.15, 0.2) is 54.6 Å². The molecule has 3 rings (SSSR count). The number of ether oxygens (including phenoxy) is 1. The number of hydrogen-bond acceptors (Lipinski definition) is 4. The highest BCUT2D eigenvalue weighted by atomic mass is 16.5. The van der Waals surface area contributed by atoms with Gasteiger partial charge < -0.3 is 10.1 Å². The highest BCUT2D eigenvalue weighted by molar-refractivity contribution is 5.77. The van der Waals surface area contributed by atoms with E-state index in [-0.39, 0.29) is 5.91 Å². The number of amides is 1. The smallest absolute Gasteiger partial charge is 0.234 e. The highest BCUT2D eigenvalue weighted by Gasteiger charge is 2.11. The van der Waals surface area contributed by atoms with Gasteiger partial charge in [0.05, 0.1) is 19.8 Å². The molecule has 1 aliphatic heterocycles. The van der Waals surface area contributed by atoms with E-state index in [0.29, 0.717) is 13.1 Å². The Morgan fingerprint density at radius 1 is 1.00 bits per heavy atom. The van der Waals surface area contributed by atoms with Crippen LogP contribution in [0.5, 0.6) is 0 Å². The van der Waals surface area contributed by atoms with Gasteiger partial charge in [0.2, 0.25) is 5.91 Å². The summed E-state index contributed by atoms with van der Waals surface area (Å²) in [6.07, 6.45) is 0. The zero-order chi connectivity index (χ0) is 18.9. The molecular weight excluding hydrogens is 338 g/mol. The van der Waals surface area contributed by atoms with E-state index in [4.69, 9.17) is 4.74 Å². The predicted molar refractivity (Wildman–Crippen MR) is 107 cm³/mol. The van der Waals surface area contributed by atoms with Crippen molar-refractivity contribution in [2.45, 2.75) is 19.6 Å². The molecule has 0 radical (unpaired) electrons. The van der Waals surface area contributed by atoms with Crippen molar-refractivity contribution in [1.29, 1.82) is 0 Å². The normalized spacial score (nSPS) is 15.0. The fourth-order valence-corrected chi connectivity index (χ4v) is 3.23. The molecule has 1 amide bonds. The van der Waals surface area contributed by atoms with Crippen LogP contribution in [0.25, 0.3) is 0 Å². The maximum Gasteiger partial charge on any atom is 0.234 e. The Bertz CT molecular complexity index is 697. The molecule has 5 heteroatoms. The fraction of sp³-hybridized carbons (Fsp3) is 0.409. The summed E-state index contributed by atoms with van der Waals surface area (Å²) in [4.78, 5) is 16.6. The molecule has 0 aromatic heterocycles. The van der Waals surface area contributed by atoms with Crippen molar-refractivity contribution in [1.82, 2.24) is 15.1 Å². The average molecular weight is 367 g/mol. The van der Waals surface area contributed by atoms with E-state index >= 15 is 0 Å². The molecule has 1 saturated heterocycles. The van der Waals surface area contributed by atoms with Crippen LogP contribution < -0.4 is 5.32 Å². The minimum atomic E-state index is 0.0471. The molecule has 0 bridgehead atoms. The van der Waals surface area contributed by atoms with Crippen molar-refractivity contribution >= 4 is 5.91 Å². The summed E-state index contributed by atoms with van der Waals surface area (Å²) in [7, 11) is 1.97. The van der Waals surface area contributed by atoms with Crippen LogP contribution in [0.1, 0.15) is 16.7 Å². The van der Waals surface area contributed by atoms with Gasteiger partial charge >= 0.3 is 0 Å². The molecule has 1 aliphatic rings. The Labute approximate surface area is 161 Å². The first-order valence-electron chi connectivity index (χ1n) is 9.56. The Kier molecular flexibility index (Phi) is 7.39. The monoisotopic (exact) mass is 367 g/mol. The average Bonchev–Trinajstić information content (AvgIpc) is 2.69. The SMILES string of the molecule is CN(CC(=O)NCc1ccc(CN2CCOCC2)cc1)Cc1ccccc1. The lowest BCUT2D eigenvalue weighted by Crippen LogP contribution is -2.35. The van der Waals surface area contributed by atoms with Crippen LogP contribution in [0.3, 0.4) is 0 Å². The minimum Gasteiger partial charge on any atom is -0.379 e. The topological polar surface area (TPSA) is 44.8 Å². The molecule has 5 nitrogen and oxygen atoms in total. The molecule has 1 heterocycles. The summed E-state index contributed by atoms with van der Waals surface area (Å²) in [5.41, 5.74) is 3.64. The number of morpholine rings is 1. The maximum absolute atomic E-state index is 12.2. The summed E-state index contributed by atoms with van der Waals surface area (Å²) in [5, 5.41) is 3.01. The molecule has 27 heavy (non-hydrogen) atoms. The summed E-state index contributed by atoms with van der Waals surface area (Å²) in [6, 6.07) is 18.7. The maximum atomic E-state index is 12.2. The van der Waals surface area contributed by atoms with Gasteiger partial charge in [0, 0.05) is 32.7 Å². The third-order valence-corrected chi connectivity index (χ3v) is 4.73. The van der Waals surface area contributed by atoms with Gasteiger partial charge in [-0.1, -0.05) is 54.6 Å². The summed E-state index contributed by atoms with van der Waals surface area (Å²) in [5.74, 6) is 0.0471. The van der Waals surface area contributed by atoms with Gasteiger partial charge in [-0.2, -0.15) is 0 Å². The van der Waals surface area contributed by atoms with Gasteiger partial charge in [0.25, 0.3) is 0 Å². The van der Waals surface area contributed by atoms with Crippen LogP contribution in [0.4, 0.5) is 0 Å². The lowest BCUT2D eigenvalue weighted by molar-refractivity contribution is -0.122. The van der Waals surface area contributed by atoms with Crippen molar-refractivity contribution in [3.8, 4) is 0 Å². The molecule has 0 unspecified atom stereocenters. The number of rotatable bonds is 8. The van der Waals surface area contributed by atoms with Crippen molar-refractivity contribution < 1.29 is 9.53 Å². The van der Waals surface area contributed by atoms with E-state index in [0.717, 1.165) is 45.0 Å². The first-order chi connectivity index (χ1) is 13.2. The number of likely N-dealkylation sites (N-methyl/N-ethyl adjacent to an activating group) is 1. The Morgan fingerprint density at radius 3 is 2.37 bits per heavy atom. The second kappa shape index (κ2) is 10.2. The molecule has 1 N–H and O–H groups in total. The number of carbonyl (C=O) groups is 1. The number of hydrogen-bond donors (Lipinski definition) is 1. The van der Waals surface area contributed by atoms with Crippen LogP contribution in [-0.2, 0) is 29.2 Å². The Balaban J connectivity index is 1.39. The number of nitrogens with zero attached hydrogens (tertiary/aromatic N) is 2. The van der Waals surface area contributed by atoms with Crippen molar-refractivity contribution in [3.05, 3.63) is 71.3 Å². The first kappa shape index (κ1) is 19.5. The summed E-state index contributed by atoms with van der Waals surface area (Å²) < 4.78 is 5.39. The van der Waals surface area contributed by atoms with E-state index in [9.17, 15) is 4.79 Å². The number of carbonyl (C=O) groups excluding carboxylic acids is 1. The van der Waals surface area contributed by atoms with Gasteiger partial charge in [0.15, 0.2) is 0 Å². The number of benzene rings is 2. The van der Waals surface area contributed by atoms with Crippen molar-refractivity contribution in [3.63, 3.8) is 0 Å². The summed E-state index contributed by atoms with van der Waals surface area (Å²) >= 11 is 0. The molecular formula is C22H29N3O2. The second-order valence-corrected chi connectivity index (χ2v) is 7.14. The highest BCUT2D eigenvalue weighted by Crippen LogP contribution is 2.09. The van der Waals surface area contributed by atoms with Gasteiger partial charge in [-0.3, -0.25) is 14.6 Å². The van der Waals surface area contributed by atoms with Crippen molar-refractivity contribution in [2.75, 3.05) is 39.9 Å². The molecule has 0 saturated carbocycles. The molecule has 2 aromatic carbocycles. The van der Waals surface area contributed by atoms with Crippen LogP contribution in [-0.4, -0.2) is 55.6 Å². The lowest BCUT2D eigenvalue weighted by Gasteiger charge is -2.26. The molecule has 2 aromatic rings. The zero-order valence-corrected chi connectivity index (χ0v) is 16.1. The lowest BCUT2D eigenvalue weighted by atomic mass is 10.1. The summed E-state index contributed by atoms with van der Waals surface area (Å²) in [6.45, 7) is 6.32. The first-order valence-corrected chi connectivity index (χ1v) is 9.56. The van der Waals surface area contributed by atoms with Crippen LogP contribution in [0.2, 0.25) is 0 Å². The van der Waals surface area contributed by atoms with Crippen LogP contribution >= 0.6 is 0 Å². The third-order valence-electron chi connectivity index (χ3n) is 4.73. The predicted octanol–water partition coefficient (Wildman–Crippen LogP) is 2.27. The molecule has 0 spiro atoms. The van der Waals surface area contributed by atoms with E-state index in [1.165, 1.54) is 11.1 Å². The quantitative estimate of drug-likeness (QED) is 0.777. The van der Waals surface area contributed by atoms with E-state index in [1.54, 1.807) is 0 Å². The molecule has 144 valence electrons. The van der Waals surface area contributed by atoms with Crippen molar-refractivity contribution in [2.24, 2.45) is 0 Å². The largest absolute Gasteiger partial charge is 0.379 e. The number of nitrogens with one attached hydrogen (secondary N) is 1.